The van der Waals surface area contributed by atoms with Gasteiger partial charge in [0.2, 0.25) is 5.88 Å². The van der Waals surface area contributed by atoms with Crippen molar-refractivity contribution in [2.45, 2.75) is 19.9 Å². The molecule has 0 aliphatic heterocycles. The maximum absolute atomic E-state index is 5.86. The fraction of sp³-hybridized carbons (Fsp3) is 0.385. The molecule has 0 aliphatic carbocycles. The van der Waals surface area contributed by atoms with Gasteiger partial charge in [-0.1, -0.05) is 5.16 Å². The molecule has 0 atom stereocenters. The van der Waals surface area contributed by atoms with E-state index in [2.05, 4.69) is 20.1 Å². The van der Waals surface area contributed by atoms with Gasteiger partial charge >= 0.3 is 0 Å². The molecule has 0 aromatic carbocycles. The first-order chi connectivity index (χ1) is 10.2. The topological polar surface area (TPSA) is 78.9 Å². The number of methoxy groups -OCH3 is 1. The molecule has 3 rings (SSSR count). The molecule has 0 fully saturated rings. The number of aromatic nitrogens is 5. The fourth-order valence-electron chi connectivity index (χ4n) is 2.21. The van der Waals surface area contributed by atoms with Crippen LogP contribution in [0.25, 0.3) is 11.2 Å². The van der Waals surface area contributed by atoms with Crippen LogP contribution in [0.4, 0.5) is 0 Å². The van der Waals surface area contributed by atoms with E-state index in [-0.39, 0.29) is 0 Å². The van der Waals surface area contributed by atoms with Gasteiger partial charge in [-0.25, -0.2) is 9.97 Å². The van der Waals surface area contributed by atoms with Gasteiger partial charge in [-0.3, -0.25) is 0 Å². The third-order valence-corrected chi connectivity index (χ3v) is 3.27. The molecule has 0 unspecified atom stereocenters. The van der Waals surface area contributed by atoms with Crippen molar-refractivity contribution < 1.29 is 9.26 Å². The zero-order chi connectivity index (χ0) is 14.8. The second-order valence-corrected chi connectivity index (χ2v) is 4.92. The van der Waals surface area contributed by atoms with E-state index in [1.165, 1.54) is 6.33 Å². The van der Waals surface area contributed by atoms with E-state index in [9.17, 15) is 0 Å². The quantitative estimate of drug-likeness (QED) is 0.670. The van der Waals surface area contributed by atoms with E-state index < -0.39 is 0 Å². The van der Waals surface area contributed by atoms with Crippen LogP contribution in [-0.4, -0.2) is 37.7 Å². The normalized spacial score (nSPS) is 11.2. The molecule has 3 heterocycles. The van der Waals surface area contributed by atoms with Crippen LogP contribution in [0.1, 0.15) is 17.3 Å². The lowest BCUT2D eigenvalue weighted by atomic mass is 10.3. The summed E-state index contributed by atoms with van der Waals surface area (Å²) in [6.45, 7) is 2.37. The maximum Gasteiger partial charge on any atom is 0.245 e. The summed E-state index contributed by atoms with van der Waals surface area (Å²) in [6.07, 6.45) is 2.08. The molecule has 0 saturated heterocycles. The first kappa shape index (κ1) is 13.8. The van der Waals surface area contributed by atoms with Gasteiger partial charge in [-0.15, -0.1) is 11.6 Å². The molecule has 3 aromatic rings. The van der Waals surface area contributed by atoms with E-state index in [0.29, 0.717) is 35.9 Å². The van der Waals surface area contributed by atoms with Gasteiger partial charge in [0.25, 0.3) is 0 Å². The molecule has 3 aromatic heterocycles. The van der Waals surface area contributed by atoms with Crippen LogP contribution < -0.4 is 4.74 Å². The number of aryl methyl sites for hydroxylation is 2. The van der Waals surface area contributed by atoms with Crippen LogP contribution >= 0.6 is 11.6 Å². The first-order valence-corrected chi connectivity index (χ1v) is 6.98. The number of ether oxygens (including phenoxy) is 1. The van der Waals surface area contributed by atoms with Gasteiger partial charge in [0.15, 0.2) is 11.2 Å². The Bertz CT molecular complexity index is 767. The maximum atomic E-state index is 5.86. The molecule has 0 spiro atoms. The number of rotatable bonds is 5. The SMILES string of the molecule is COc1ncnc2c1nc(CCCl)n2Cc1cc(C)on1. The molecule has 0 saturated carbocycles. The summed E-state index contributed by atoms with van der Waals surface area (Å²) < 4.78 is 12.3. The number of fused-ring (bicyclic) bond motifs is 1. The summed E-state index contributed by atoms with van der Waals surface area (Å²) >= 11 is 5.86. The van der Waals surface area contributed by atoms with Crippen molar-refractivity contribution in [2.75, 3.05) is 13.0 Å². The van der Waals surface area contributed by atoms with Crippen LogP contribution in [-0.2, 0) is 13.0 Å². The number of hydrogen-bond acceptors (Lipinski definition) is 6. The van der Waals surface area contributed by atoms with E-state index in [4.69, 9.17) is 20.9 Å². The Balaban J connectivity index is 2.11. The van der Waals surface area contributed by atoms with Crippen LogP contribution in [0.3, 0.4) is 0 Å². The Morgan fingerprint density at radius 1 is 1.38 bits per heavy atom. The summed E-state index contributed by atoms with van der Waals surface area (Å²) in [6, 6.07) is 1.88. The predicted octanol–water partition coefficient (Wildman–Crippen LogP) is 1.96. The van der Waals surface area contributed by atoms with Crippen LogP contribution in [0.2, 0.25) is 0 Å². The fourth-order valence-corrected chi connectivity index (χ4v) is 2.38. The van der Waals surface area contributed by atoms with Crippen molar-refractivity contribution in [1.82, 2.24) is 24.7 Å². The molecule has 7 nitrogen and oxygen atoms in total. The van der Waals surface area contributed by atoms with Crippen molar-refractivity contribution in [1.29, 1.82) is 0 Å². The van der Waals surface area contributed by atoms with Gasteiger partial charge < -0.3 is 13.8 Å². The number of nitrogens with zero attached hydrogens (tertiary/aromatic N) is 5. The van der Waals surface area contributed by atoms with E-state index in [0.717, 1.165) is 17.3 Å². The average molecular weight is 308 g/mol. The molecule has 0 aliphatic rings. The molecule has 110 valence electrons. The number of alkyl halides is 1. The highest BCUT2D eigenvalue weighted by molar-refractivity contribution is 6.17. The van der Waals surface area contributed by atoms with Crippen molar-refractivity contribution >= 4 is 22.8 Å². The molecular weight excluding hydrogens is 294 g/mol. The summed E-state index contributed by atoms with van der Waals surface area (Å²) in [7, 11) is 1.56. The Hall–Kier alpha value is -2.15. The Labute approximate surface area is 125 Å². The third kappa shape index (κ3) is 2.56. The zero-order valence-corrected chi connectivity index (χ0v) is 12.5. The summed E-state index contributed by atoms with van der Waals surface area (Å²) in [5.74, 6) is 2.50. The predicted molar refractivity (Wildman–Crippen MR) is 76.6 cm³/mol. The second-order valence-electron chi connectivity index (χ2n) is 4.54. The highest BCUT2D eigenvalue weighted by Gasteiger charge is 2.17. The van der Waals surface area contributed by atoms with Gasteiger partial charge in [0.05, 0.1) is 13.7 Å². The van der Waals surface area contributed by atoms with Crippen LogP contribution in [0, 0.1) is 6.92 Å². The number of halogens is 1. The molecule has 21 heavy (non-hydrogen) atoms. The summed E-state index contributed by atoms with van der Waals surface area (Å²) in [4.78, 5) is 12.9. The van der Waals surface area contributed by atoms with Crippen molar-refractivity contribution in [3.8, 4) is 5.88 Å². The molecule has 0 amide bonds. The minimum atomic E-state index is 0.450. The molecule has 0 radical (unpaired) electrons. The minimum absolute atomic E-state index is 0.450. The van der Waals surface area contributed by atoms with Crippen LogP contribution in [0.15, 0.2) is 16.9 Å². The third-order valence-electron chi connectivity index (χ3n) is 3.09. The lowest BCUT2D eigenvalue weighted by Crippen LogP contribution is -2.07. The molecular formula is C13H14ClN5O2. The molecule has 0 bridgehead atoms. The zero-order valence-electron chi connectivity index (χ0n) is 11.7. The Kier molecular flexibility index (Phi) is 3.74. The Morgan fingerprint density at radius 3 is 2.90 bits per heavy atom. The van der Waals surface area contributed by atoms with Crippen molar-refractivity contribution in [3.63, 3.8) is 0 Å². The first-order valence-electron chi connectivity index (χ1n) is 6.45. The minimum Gasteiger partial charge on any atom is -0.479 e. The summed E-state index contributed by atoms with van der Waals surface area (Å²) in [5.41, 5.74) is 2.13. The molecule has 8 heteroatoms. The van der Waals surface area contributed by atoms with E-state index in [1.54, 1.807) is 7.11 Å². The van der Waals surface area contributed by atoms with Gasteiger partial charge in [0, 0.05) is 18.4 Å². The number of hydrogen-bond donors (Lipinski definition) is 0. The second kappa shape index (κ2) is 5.69. The lowest BCUT2D eigenvalue weighted by molar-refractivity contribution is 0.389. The smallest absolute Gasteiger partial charge is 0.245 e. The van der Waals surface area contributed by atoms with Crippen molar-refractivity contribution in [2.24, 2.45) is 0 Å². The van der Waals surface area contributed by atoms with Gasteiger partial charge in [-0.05, 0) is 6.92 Å². The Morgan fingerprint density at radius 2 is 2.24 bits per heavy atom. The van der Waals surface area contributed by atoms with Crippen molar-refractivity contribution in [3.05, 3.63) is 29.7 Å². The van der Waals surface area contributed by atoms with Crippen LogP contribution in [0.5, 0.6) is 5.88 Å². The largest absolute Gasteiger partial charge is 0.479 e. The van der Waals surface area contributed by atoms with Gasteiger partial charge in [-0.2, -0.15) is 4.98 Å². The standard InChI is InChI=1S/C13H14ClN5O2/c1-8-5-9(18-21-8)6-19-10(3-4-14)17-11-12(19)15-7-16-13(11)20-2/h5,7H,3-4,6H2,1-2H3. The molecule has 0 N–H and O–H groups in total. The monoisotopic (exact) mass is 307 g/mol. The number of imidazole rings is 1. The highest BCUT2D eigenvalue weighted by Crippen LogP contribution is 2.23. The van der Waals surface area contributed by atoms with E-state index >= 15 is 0 Å². The van der Waals surface area contributed by atoms with E-state index in [1.807, 2.05) is 17.6 Å². The average Bonchev–Trinajstić information content (AvgIpc) is 3.04. The van der Waals surface area contributed by atoms with Gasteiger partial charge in [0.1, 0.15) is 23.6 Å². The highest BCUT2D eigenvalue weighted by atomic mass is 35.5. The lowest BCUT2D eigenvalue weighted by Gasteiger charge is -2.05. The summed E-state index contributed by atoms with van der Waals surface area (Å²) in [5, 5.41) is 4.01.